The fourth-order valence-corrected chi connectivity index (χ4v) is 1.34. The summed E-state index contributed by atoms with van der Waals surface area (Å²) in [4.78, 5) is 15.1. The molecule has 4 nitrogen and oxygen atoms in total. The number of amides is 1. The average molecular weight is 223 g/mol. The second-order valence-electron chi connectivity index (χ2n) is 3.85. The lowest BCUT2D eigenvalue weighted by molar-refractivity contribution is -0.120. The zero-order valence-electron chi connectivity index (χ0n) is 8.87. The molecule has 0 spiro atoms. The fraction of sp³-hybridized carbons (Fsp3) is 0.455. The lowest BCUT2D eigenvalue weighted by Crippen LogP contribution is -2.27. The highest BCUT2D eigenvalue weighted by Crippen LogP contribution is 2.18. The smallest absolute Gasteiger partial charge is 0.221 e. The lowest BCUT2D eigenvalue weighted by Gasteiger charge is -2.06. The van der Waals surface area contributed by atoms with Gasteiger partial charge in [0.15, 0.2) is 11.6 Å². The average Bonchev–Trinajstić information content (AvgIpc) is 3.05. The van der Waals surface area contributed by atoms with Crippen LogP contribution in [0.15, 0.2) is 18.3 Å². The SMILES string of the molecule is O=C(CCNc1ncccc1F)NC1CC1. The third-order valence-electron chi connectivity index (χ3n) is 2.35. The zero-order valence-corrected chi connectivity index (χ0v) is 8.87. The quantitative estimate of drug-likeness (QED) is 0.791. The number of rotatable bonds is 5. The molecule has 0 radical (unpaired) electrons. The van der Waals surface area contributed by atoms with Crippen molar-refractivity contribution in [2.45, 2.75) is 25.3 Å². The van der Waals surface area contributed by atoms with Gasteiger partial charge in [-0.2, -0.15) is 0 Å². The summed E-state index contributed by atoms with van der Waals surface area (Å²) in [7, 11) is 0. The van der Waals surface area contributed by atoms with Crippen molar-refractivity contribution < 1.29 is 9.18 Å². The molecule has 1 aromatic heterocycles. The first-order valence-electron chi connectivity index (χ1n) is 5.39. The van der Waals surface area contributed by atoms with Crippen molar-refractivity contribution in [2.24, 2.45) is 0 Å². The number of aromatic nitrogens is 1. The van der Waals surface area contributed by atoms with Crippen LogP contribution in [0.2, 0.25) is 0 Å². The highest BCUT2D eigenvalue weighted by Gasteiger charge is 2.22. The maximum atomic E-state index is 13.1. The molecule has 0 unspecified atom stereocenters. The van der Waals surface area contributed by atoms with Gasteiger partial charge in [-0.25, -0.2) is 9.37 Å². The third-order valence-corrected chi connectivity index (χ3v) is 2.35. The molecule has 2 N–H and O–H groups in total. The van der Waals surface area contributed by atoms with Crippen LogP contribution in [-0.2, 0) is 4.79 Å². The predicted octanol–water partition coefficient (Wildman–Crippen LogP) is 1.30. The molecular weight excluding hydrogens is 209 g/mol. The number of hydrogen-bond donors (Lipinski definition) is 2. The first-order valence-corrected chi connectivity index (χ1v) is 5.39. The van der Waals surface area contributed by atoms with Crippen LogP contribution in [0.1, 0.15) is 19.3 Å². The molecule has 0 saturated heterocycles. The number of halogens is 1. The van der Waals surface area contributed by atoms with Gasteiger partial charge >= 0.3 is 0 Å². The van der Waals surface area contributed by atoms with E-state index in [0.717, 1.165) is 12.8 Å². The molecule has 1 amide bonds. The van der Waals surface area contributed by atoms with E-state index in [9.17, 15) is 9.18 Å². The molecule has 5 heteroatoms. The van der Waals surface area contributed by atoms with Gasteiger partial charge < -0.3 is 10.6 Å². The number of nitrogens with zero attached hydrogens (tertiary/aromatic N) is 1. The standard InChI is InChI=1S/C11H14FN3O/c12-9-2-1-6-13-11(9)14-7-5-10(16)15-8-3-4-8/h1-2,6,8H,3-5,7H2,(H,13,14)(H,15,16). The van der Waals surface area contributed by atoms with Crippen LogP contribution in [0.4, 0.5) is 10.2 Å². The second kappa shape index (κ2) is 4.92. The van der Waals surface area contributed by atoms with Gasteiger partial charge in [0, 0.05) is 25.2 Å². The molecule has 1 heterocycles. The van der Waals surface area contributed by atoms with E-state index in [4.69, 9.17) is 0 Å². The Hall–Kier alpha value is -1.65. The Morgan fingerprint density at radius 3 is 3.06 bits per heavy atom. The number of carbonyl (C=O) groups excluding carboxylic acids is 1. The molecule has 0 atom stereocenters. The van der Waals surface area contributed by atoms with Gasteiger partial charge in [-0.1, -0.05) is 0 Å². The van der Waals surface area contributed by atoms with Crippen molar-refractivity contribution >= 4 is 11.7 Å². The summed E-state index contributed by atoms with van der Waals surface area (Å²) in [6, 6.07) is 3.24. The summed E-state index contributed by atoms with van der Waals surface area (Å²) >= 11 is 0. The van der Waals surface area contributed by atoms with Crippen LogP contribution in [0, 0.1) is 5.82 Å². The normalized spacial score (nSPS) is 14.6. The molecule has 2 rings (SSSR count). The summed E-state index contributed by atoms with van der Waals surface area (Å²) < 4.78 is 13.1. The van der Waals surface area contributed by atoms with Gasteiger partial charge in [0.05, 0.1) is 0 Å². The maximum absolute atomic E-state index is 13.1. The van der Waals surface area contributed by atoms with Crippen molar-refractivity contribution in [1.29, 1.82) is 0 Å². The summed E-state index contributed by atoms with van der Waals surface area (Å²) in [6.07, 6.45) is 4.00. The first-order chi connectivity index (χ1) is 7.75. The molecule has 1 fully saturated rings. The molecule has 0 aromatic carbocycles. The minimum absolute atomic E-state index is 0.00587. The van der Waals surface area contributed by atoms with E-state index in [0.29, 0.717) is 19.0 Å². The van der Waals surface area contributed by atoms with Crippen molar-refractivity contribution in [3.63, 3.8) is 0 Å². The fourth-order valence-electron chi connectivity index (χ4n) is 1.34. The maximum Gasteiger partial charge on any atom is 0.221 e. The van der Waals surface area contributed by atoms with E-state index in [2.05, 4.69) is 15.6 Å². The van der Waals surface area contributed by atoms with Crippen LogP contribution >= 0.6 is 0 Å². The highest BCUT2D eigenvalue weighted by atomic mass is 19.1. The Kier molecular flexibility index (Phi) is 3.34. The topological polar surface area (TPSA) is 54.0 Å². The molecule has 0 bridgehead atoms. The highest BCUT2D eigenvalue weighted by molar-refractivity contribution is 5.77. The Bertz CT molecular complexity index is 379. The van der Waals surface area contributed by atoms with Gasteiger partial charge in [0.25, 0.3) is 0 Å². The van der Waals surface area contributed by atoms with Crippen LogP contribution < -0.4 is 10.6 Å². The summed E-state index contributed by atoms with van der Waals surface area (Å²) in [6.45, 7) is 0.395. The monoisotopic (exact) mass is 223 g/mol. The number of nitrogens with one attached hydrogen (secondary N) is 2. The van der Waals surface area contributed by atoms with Crippen molar-refractivity contribution in [3.05, 3.63) is 24.1 Å². The van der Waals surface area contributed by atoms with E-state index in [1.807, 2.05) is 0 Å². The van der Waals surface area contributed by atoms with Gasteiger partial charge in [0.2, 0.25) is 5.91 Å². The number of pyridine rings is 1. The predicted molar refractivity (Wildman–Crippen MR) is 58.5 cm³/mol. The van der Waals surface area contributed by atoms with E-state index < -0.39 is 5.82 Å². The molecule has 86 valence electrons. The lowest BCUT2D eigenvalue weighted by atomic mass is 10.3. The molecular formula is C11H14FN3O. The Balaban J connectivity index is 1.70. The van der Waals surface area contributed by atoms with Crippen molar-refractivity contribution in [1.82, 2.24) is 10.3 Å². The summed E-state index contributed by atoms with van der Waals surface area (Å²) in [5, 5.41) is 5.65. The summed E-state index contributed by atoms with van der Waals surface area (Å²) in [5.74, 6) is -0.196. The molecule has 1 saturated carbocycles. The zero-order chi connectivity index (χ0) is 11.4. The van der Waals surface area contributed by atoms with Gasteiger partial charge in [0.1, 0.15) is 0 Å². The first kappa shape index (κ1) is 10.9. The largest absolute Gasteiger partial charge is 0.367 e. The van der Waals surface area contributed by atoms with Crippen molar-refractivity contribution in [3.8, 4) is 0 Å². The van der Waals surface area contributed by atoms with E-state index in [1.165, 1.54) is 18.3 Å². The number of anilines is 1. The second-order valence-corrected chi connectivity index (χ2v) is 3.85. The van der Waals surface area contributed by atoms with E-state index in [-0.39, 0.29) is 11.7 Å². The minimum atomic E-state index is -0.398. The van der Waals surface area contributed by atoms with Gasteiger partial charge in [-0.3, -0.25) is 4.79 Å². The van der Waals surface area contributed by atoms with Gasteiger partial charge in [-0.15, -0.1) is 0 Å². The van der Waals surface area contributed by atoms with E-state index >= 15 is 0 Å². The Morgan fingerprint density at radius 2 is 2.38 bits per heavy atom. The Labute approximate surface area is 93.3 Å². The van der Waals surface area contributed by atoms with Crippen molar-refractivity contribution in [2.75, 3.05) is 11.9 Å². The van der Waals surface area contributed by atoms with Gasteiger partial charge in [-0.05, 0) is 25.0 Å². The molecule has 16 heavy (non-hydrogen) atoms. The number of carbonyl (C=O) groups is 1. The Morgan fingerprint density at radius 1 is 1.56 bits per heavy atom. The molecule has 1 aliphatic carbocycles. The summed E-state index contributed by atoms with van der Waals surface area (Å²) in [5.41, 5.74) is 0. The number of hydrogen-bond acceptors (Lipinski definition) is 3. The minimum Gasteiger partial charge on any atom is -0.367 e. The van der Waals surface area contributed by atoms with Crippen LogP contribution in [-0.4, -0.2) is 23.5 Å². The molecule has 1 aromatic rings. The van der Waals surface area contributed by atoms with E-state index in [1.54, 1.807) is 0 Å². The molecule has 1 aliphatic rings. The third kappa shape index (κ3) is 3.18. The molecule has 0 aliphatic heterocycles. The van der Waals surface area contributed by atoms with Crippen LogP contribution in [0.3, 0.4) is 0 Å². The van der Waals surface area contributed by atoms with Crippen LogP contribution in [0.5, 0.6) is 0 Å². The van der Waals surface area contributed by atoms with Crippen LogP contribution in [0.25, 0.3) is 0 Å².